The van der Waals surface area contributed by atoms with Crippen molar-refractivity contribution in [3.8, 4) is 19.5 Å². The summed E-state index contributed by atoms with van der Waals surface area (Å²) in [4.78, 5) is 11.8. The van der Waals surface area contributed by atoms with Gasteiger partial charge in [-0.1, -0.05) is 235 Å². The van der Waals surface area contributed by atoms with Gasteiger partial charge in [-0.3, -0.25) is 5.41 Å². The third-order valence-corrected chi connectivity index (χ3v) is 38.0. The molecular weight excluding hydrogens is 1130 g/mol. The molecule has 3 aliphatic rings. The van der Waals surface area contributed by atoms with E-state index >= 15 is 0 Å². The third-order valence-electron chi connectivity index (χ3n) is 20.9. The fourth-order valence-corrected chi connectivity index (χ4v) is 37.0. The van der Waals surface area contributed by atoms with Gasteiger partial charge in [0, 0.05) is 55.4 Å². The Bertz CT molecular complexity index is 2880. The molecule has 6 atom stereocenters. The van der Waals surface area contributed by atoms with Gasteiger partial charge in [0.15, 0.2) is 0 Å². The molecule has 456 valence electrons. The fraction of sp³-hybridized carbons (Fsp3) is 0.622. The fourth-order valence-electron chi connectivity index (χ4n) is 15.6. The van der Waals surface area contributed by atoms with Crippen molar-refractivity contribution in [2.24, 2.45) is 34.0 Å². The second-order valence-corrected chi connectivity index (χ2v) is 39.1. The number of thiol groups is 1. The largest absolute Gasteiger partial charge is 0.298 e. The maximum absolute atomic E-state index is 10.6. The van der Waals surface area contributed by atoms with E-state index in [-0.39, 0.29) is 10.8 Å². The van der Waals surface area contributed by atoms with Gasteiger partial charge in [-0.15, -0.1) is 51.9 Å². The average molecular weight is 1250 g/mol. The molecule has 83 heavy (non-hydrogen) atoms. The molecule has 0 spiro atoms. The van der Waals surface area contributed by atoms with Gasteiger partial charge in [0.1, 0.15) is 21.9 Å². The van der Waals surface area contributed by atoms with Gasteiger partial charge in [-0.05, 0) is 156 Å². The van der Waals surface area contributed by atoms with Gasteiger partial charge in [0.2, 0.25) is 0 Å². The molecule has 4 aromatic rings. The third kappa shape index (κ3) is 13.9. The van der Waals surface area contributed by atoms with E-state index in [4.69, 9.17) is 17.2 Å². The molecule has 9 heteroatoms. The lowest BCUT2D eigenvalue weighted by Crippen LogP contribution is -2.57. The lowest BCUT2D eigenvalue weighted by atomic mass is 9.68. The van der Waals surface area contributed by atoms with Gasteiger partial charge in [0.25, 0.3) is 0 Å². The van der Waals surface area contributed by atoms with Gasteiger partial charge < -0.3 is 0 Å². The zero-order chi connectivity index (χ0) is 60.1. The summed E-state index contributed by atoms with van der Waals surface area (Å²) in [5.41, 5.74) is 3.13. The van der Waals surface area contributed by atoms with Crippen molar-refractivity contribution < 1.29 is 0 Å². The number of hydrogen-bond acceptors (Lipinski definition) is 7. The highest BCUT2D eigenvalue weighted by Crippen LogP contribution is 2.54. The standard InChI is InChI=1S/C74H112N2S5Si2/c1-16-29-34-53(22-7)48-82(49-54(23-8)35-30-17-2)61-44-57(26-11)78-69(61)71-64(82)47-66(81-71)74(41-21-6,42-33-20-5)59-39-38-58(67(75)68(59)76-77)60-45-62-70(79-60)72-63(46-65(80-72)73(27-12,28-13)43-40-52(14)15)83(62,50-55(24-9)36-31-18-3)51-56(25-10)37-32-19-4/h20,26-27,33,38-39,44-47,52-56,75,77H,11-12,16-19,21-25,28-32,34-37,40-43,48-51H2,1-10,13-15H3/b33-20-,75-67?,76-68-. The van der Waals surface area contributed by atoms with Crippen LogP contribution in [0, 0.1) is 35.0 Å². The van der Waals surface area contributed by atoms with E-state index in [9.17, 15) is 5.41 Å². The normalized spacial score (nSPS) is 20.9. The van der Waals surface area contributed by atoms with Gasteiger partial charge >= 0.3 is 0 Å². The Morgan fingerprint density at radius 3 is 1.49 bits per heavy atom. The maximum atomic E-state index is 10.6. The first-order valence-electron chi connectivity index (χ1n) is 33.9. The predicted molar refractivity (Wildman–Crippen MR) is 390 cm³/mol. The lowest BCUT2D eigenvalue weighted by molar-refractivity contribution is 0.419. The molecule has 2 nitrogen and oxygen atoms in total. The molecule has 7 rings (SSSR count). The zero-order valence-electron chi connectivity index (χ0n) is 54.5. The molecule has 0 fully saturated rings. The highest BCUT2D eigenvalue weighted by molar-refractivity contribution is 7.79. The number of unbranched alkanes of at least 4 members (excludes halogenated alkanes) is 4. The molecule has 6 unspecified atom stereocenters. The van der Waals surface area contributed by atoms with Crippen LogP contribution in [0.25, 0.3) is 31.2 Å². The molecule has 0 saturated heterocycles. The van der Waals surface area contributed by atoms with Crippen LogP contribution < -0.4 is 20.7 Å². The first-order chi connectivity index (χ1) is 40.1. The molecular formula is C74H112N2S5Si2. The minimum atomic E-state index is -2.33. The quantitative estimate of drug-likeness (QED) is 0.0194. The molecule has 0 bridgehead atoms. The van der Waals surface area contributed by atoms with Crippen LogP contribution in [0.2, 0.25) is 24.2 Å². The Labute approximate surface area is 531 Å². The number of hydrogen-bond donors (Lipinski definition) is 2. The molecule has 0 saturated carbocycles. The zero-order valence-corrected chi connectivity index (χ0v) is 60.6. The molecule has 2 aliphatic heterocycles. The smallest absolute Gasteiger partial charge is 0.122 e. The molecule has 6 heterocycles. The Hall–Kier alpha value is -2.38. The summed E-state index contributed by atoms with van der Waals surface area (Å²) < 4.78 is 5.00. The lowest BCUT2D eigenvalue weighted by Gasteiger charge is -2.38. The van der Waals surface area contributed by atoms with Crippen LogP contribution in [-0.4, -0.2) is 27.6 Å². The number of allylic oxidation sites excluding steroid dienone is 7. The van der Waals surface area contributed by atoms with Gasteiger partial charge in [-0.2, -0.15) is 0 Å². The summed E-state index contributed by atoms with van der Waals surface area (Å²) in [5.74, 6) is 3.53. The molecule has 1 aliphatic carbocycles. The first kappa shape index (κ1) is 68.1. The van der Waals surface area contributed by atoms with Crippen molar-refractivity contribution in [1.82, 2.24) is 0 Å². The molecule has 0 amide bonds. The van der Waals surface area contributed by atoms with Crippen molar-refractivity contribution >= 4 is 118 Å². The Morgan fingerprint density at radius 2 is 1.06 bits per heavy atom. The first-order valence-corrected chi connectivity index (χ1v) is 42.3. The summed E-state index contributed by atoms with van der Waals surface area (Å²) in [6.45, 7) is 40.2. The summed E-state index contributed by atoms with van der Waals surface area (Å²) in [5, 5.41) is 17.5. The number of nitrogens with one attached hydrogen (secondary N) is 1. The van der Waals surface area contributed by atoms with Crippen LogP contribution in [0.15, 0.2) is 77.8 Å². The molecule has 0 radical (unpaired) electrons. The van der Waals surface area contributed by atoms with Crippen molar-refractivity contribution in [2.45, 2.75) is 266 Å². The van der Waals surface area contributed by atoms with E-state index in [1.807, 2.05) is 22.7 Å². The second kappa shape index (κ2) is 31.2. The van der Waals surface area contributed by atoms with Crippen LogP contribution in [0.5, 0.6) is 0 Å². The van der Waals surface area contributed by atoms with E-state index in [0.29, 0.717) is 23.5 Å². The van der Waals surface area contributed by atoms with Gasteiger partial charge in [-0.25, -0.2) is 4.40 Å². The minimum Gasteiger partial charge on any atom is -0.298 e. The van der Waals surface area contributed by atoms with Crippen LogP contribution in [0.3, 0.4) is 0 Å². The van der Waals surface area contributed by atoms with E-state index in [1.54, 1.807) is 40.3 Å². The van der Waals surface area contributed by atoms with Gasteiger partial charge in [0.05, 0.1) is 5.71 Å². The Balaban J connectivity index is 1.46. The Kier molecular flexibility index (Phi) is 25.6. The minimum absolute atomic E-state index is 0.0182. The summed E-state index contributed by atoms with van der Waals surface area (Å²) in [6, 6.07) is 16.2. The molecule has 4 aromatic heterocycles. The molecule has 0 aromatic carbocycles. The highest BCUT2D eigenvalue weighted by Gasteiger charge is 2.54. The summed E-state index contributed by atoms with van der Waals surface area (Å²) >= 11 is 13.2. The van der Waals surface area contributed by atoms with E-state index < -0.39 is 16.1 Å². The topological polar surface area (TPSA) is 36.2 Å². The second-order valence-electron chi connectivity index (χ2n) is 26.5. The number of fused-ring (bicyclic) bond motifs is 6. The summed E-state index contributed by atoms with van der Waals surface area (Å²) in [7, 11) is -4.59. The Morgan fingerprint density at radius 1 is 0.590 bits per heavy atom. The number of nitrogens with zero attached hydrogens (tertiary/aromatic N) is 1. The summed E-state index contributed by atoms with van der Waals surface area (Å²) in [6.07, 6.45) is 40.9. The van der Waals surface area contributed by atoms with Crippen LogP contribution >= 0.6 is 58.2 Å². The van der Waals surface area contributed by atoms with Crippen LogP contribution in [0.4, 0.5) is 0 Å². The van der Waals surface area contributed by atoms with Crippen molar-refractivity contribution in [2.75, 3.05) is 0 Å². The monoisotopic (exact) mass is 1240 g/mol. The van der Waals surface area contributed by atoms with E-state index in [0.717, 1.165) is 55.2 Å². The van der Waals surface area contributed by atoms with Crippen molar-refractivity contribution in [1.29, 1.82) is 5.41 Å². The number of thiophene rings is 4. The van der Waals surface area contributed by atoms with Crippen LogP contribution in [-0.2, 0) is 10.8 Å². The molecule has 1 N–H and O–H groups in total. The van der Waals surface area contributed by atoms with E-state index in [2.05, 4.69) is 187 Å². The number of rotatable bonds is 38. The maximum Gasteiger partial charge on any atom is 0.122 e. The SMILES string of the molecule is C=Cc1cc2c(s1)-c1sc(C(C/C=C\C)(CCC)C3=CC=C(c4cc5c(s4)-c4sc(C(C=C)(CC)CCC(C)C)cc4[Si]5(CC(CC)CCCC)CC(CC)CCCC)C(=N)/C3=N\S)cc1[Si]2(CC(CC)CCCC)CC(CC)CCCC. The van der Waals surface area contributed by atoms with Crippen LogP contribution in [0.1, 0.15) is 251 Å². The van der Waals surface area contributed by atoms with Crippen molar-refractivity contribution in [3.05, 3.63) is 92.9 Å². The van der Waals surface area contributed by atoms with E-state index in [1.165, 1.54) is 158 Å². The highest BCUT2D eigenvalue weighted by atomic mass is 32.1. The van der Waals surface area contributed by atoms with Crippen molar-refractivity contribution in [3.63, 3.8) is 0 Å². The average Bonchev–Trinajstić information content (AvgIpc) is 1.75. The predicted octanol–water partition coefficient (Wildman–Crippen LogP) is 23.1.